The molecule has 0 aromatic carbocycles. The van der Waals surface area contributed by atoms with Crippen molar-refractivity contribution in [3.63, 3.8) is 0 Å². The van der Waals surface area contributed by atoms with Crippen molar-refractivity contribution in [3.05, 3.63) is 33.7 Å². The van der Waals surface area contributed by atoms with Gasteiger partial charge in [-0.15, -0.1) is 0 Å². The molecule has 0 bridgehead atoms. The van der Waals surface area contributed by atoms with Gasteiger partial charge in [-0.05, 0) is 18.7 Å². The summed E-state index contributed by atoms with van der Waals surface area (Å²) >= 11 is -0.223. The summed E-state index contributed by atoms with van der Waals surface area (Å²) in [6, 6.07) is 1.25. The van der Waals surface area contributed by atoms with E-state index in [9.17, 15) is 22.8 Å². The van der Waals surface area contributed by atoms with E-state index in [0.717, 1.165) is 0 Å². The minimum absolute atomic E-state index is 0.113. The molecule has 2 N–H and O–H groups in total. The largest absolute Gasteiger partial charge is 0.441 e. The van der Waals surface area contributed by atoms with Crippen molar-refractivity contribution in [2.45, 2.75) is 12.4 Å². The highest BCUT2D eigenvalue weighted by Gasteiger charge is 2.27. The van der Waals surface area contributed by atoms with Crippen LogP contribution in [-0.2, 0) is 0 Å². The van der Waals surface area contributed by atoms with Gasteiger partial charge in [-0.1, -0.05) is 0 Å². The van der Waals surface area contributed by atoms with Crippen LogP contribution in [0.1, 0.15) is 16.1 Å². The molecule has 0 saturated heterocycles. The van der Waals surface area contributed by atoms with E-state index >= 15 is 0 Å². The molecular formula is C10H11F3N2O2S. The Balaban J connectivity index is 2.49. The van der Waals surface area contributed by atoms with Gasteiger partial charge in [-0.25, -0.2) is 0 Å². The normalized spacial score (nSPS) is 11.3. The SMILES string of the molecule is Cc1cc(=O)c(C(=O)NCCSC(F)(F)F)c[nH]1. The summed E-state index contributed by atoms with van der Waals surface area (Å²) in [5.74, 6) is -0.974. The van der Waals surface area contributed by atoms with Gasteiger partial charge in [0.25, 0.3) is 5.91 Å². The van der Waals surface area contributed by atoms with Crippen molar-refractivity contribution in [2.24, 2.45) is 0 Å². The lowest BCUT2D eigenvalue weighted by Gasteiger charge is -2.07. The summed E-state index contributed by atoms with van der Waals surface area (Å²) in [5.41, 5.74) is -4.29. The Labute approximate surface area is 105 Å². The molecule has 0 saturated carbocycles. The fourth-order valence-corrected chi connectivity index (χ4v) is 1.61. The number of hydrogen-bond donors (Lipinski definition) is 2. The minimum atomic E-state index is -4.31. The summed E-state index contributed by atoms with van der Waals surface area (Å²) in [6.45, 7) is 1.50. The molecule has 0 fully saturated rings. The van der Waals surface area contributed by atoms with Gasteiger partial charge >= 0.3 is 5.51 Å². The van der Waals surface area contributed by atoms with Crippen molar-refractivity contribution >= 4 is 17.7 Å². The zero-order chi connectivity index (χ0) is 13.8. The average molecular weight is 280 g/mol. The van der Waals surface area contributed by atoms with E-state index < -0.39 is 16.8 Å². The van der Waals surface area contributed by atoms with Gasteiger partial charge < -0.3 is 10.3 Å². The van der Waals surface area contributed by atoms with Gasteiger partial charge in [0.15, 0.2) is 5.43 Å². The Hall–Kier alpha value is -1.44. The van der Waals surface area contributed by atoms with Crippen LogP contribution in [0, 0.1) is 6.92 Å². The molecule has 1 amide bonds. The zero-order valence-corrected chi connectivity index (χ0v) is 10.2. The number of nitrogens with one attached hydrogen (secondary N) is 2. The number of rotatable bonds is 4. The summed E-state index contributed by atoms with van der Waals surface area (Å²) in [7, 11) is 0. The summed E-state index contributed by atoms with van der Waals surface area (Å²) in [4.78, 5) is 25.6. The Morgan fingerprint density at radius 2 is 2.17 bits per heavy atom. The zero-order valence-electron chi connectivity index (χ0n) is 9.43. The van der Waals surface area contributed by atoms with Crippen LogP contribution < -0.4 is 10.7 Å². The molecule has 18 heavy (non-hydrogen) atoms. The molecule has 1 rings (SSSR count). The first-order valence-electron chi connectivity index (χ1n) is 4.98. The van der Waals surface area contributed by atoms with Gasteiger partial charge in [0.05, 0.1) is 0 Å². The predicted molar refractivity (Wildman–Crippen MR) is 62.6 cm³/mol. The van der Waals surface area contributed by atoms with Gasteiger partial charge in [0.1, 0.15) is 5.56 Å². The van der Waals surface area contributed by atoms with E-state index in [1.54, 1.807) is 6.92 Å². The molecule has 0 aliphatic rings. The van der Waals surface area contributed by atoms with Crippen LogP contribution in [0.5, 0.6) is 0 Å². The predicted octanol–water partition coefficient (Wildman–Crippen LogP) is 1.67. The van der Waals surface area contributed by atoms with E-state index in [1.807, 2.05) is 0 Å². The molecule has 0 atom stereocenters. The average Bonchev–Trinajstić information content (AvgIpc) is 2.22. The lowest BCUT2D eigenvalue weighted by Crippen LogP contribution is -2.30. The van der Waals surface area contributed by atoms with E-state index in [4.69, 9.17) is 0 Å². The number of amides is 1. The maximum absolute atomic E-state index is 11.8. The first-order valence-corrected chi connectivity index (χ1v) is 5.96. The minimum Gasteiger partial charge on any atom is -0.364 e. The molecule has 1 heterocycles. The van der Waals surface area contributed by atoms with Crippen LogP contribution in [0.15, 0.2) is 17.1 Å². The molecule has 4 nitrogen and oxygen atoms in total. The van der Waals surface area contributed by atoms with Crippen LogP contribution in [0.4, 0.5) is 13.2 Å². The van der Waals surface area contributed by atoms with E-state index in [2.05, 4.69) is 10.3 Å². The highest BCUT2D eigenvalue weighted by Crippen LogP contribution is 2.29. The van der Waals surface area contributed by atoms with Gasteiger partial charge in [0, 0.05) is 30.3 Å². The molecular weight excluding hydrogens is 269 g/mol. The second-order valence-corrected chi connectivity index (χ2v) is 4.60. The molecule has 0 aliphatic carbocycles. The van der Waals surface area contributed by atoms with Crippen molar-refractivity contribution < 1.29 is 18.0 Å². The standard InChI is InChI=1S/C10H11F3N2O2S/c1-6-4-8(16)7(5-15-6)9(17)14-2-3-18-10(11,12)13/h4-5H,2-3H2,1H3,(H,14,17)(H,15,16). The lowest BCUT2D eigenvalue weighted by atomic mass is 10.2. The Kier molecular flexibility index (Phi) is 4.83. The van der Waals surface area contributed by atoms with Crippen LogP contribution >= 0.6 is 11.8 Å². The second kappa shape index (κ2) is 5.94. The molecule has 1 aromatic heterocycles. The van der Waals surface area contributed by atoms with Crippen molar-refractivity contribution in [1.29, 1.82) is 0 Å². The fraction of sp³-hybridized carbons (Fsp3) is 0.400. The van der Waals surface area contributed by atoms with Crippen LogP contribution in [0.3, 0.4) is 0 Å². The number of thioether (sulfide) groups is 1. The molecule has 0 aliphatic heterocycles. The number of hydrogen-bond acceptors (Lipinski definition) is 3. The maximum Gasteiger partial charge on any atom is 0.441 e. The maximum atomic E-state index is 11.8. The number of aromatic nitrogens is 1. The van der Waals surface area contributed by atoms with Crippen LogP contribution in [0.2, 0.25) is 0 Å². The highest BCUT2D eigenvalue weighted by atomic mass is 32.2. The first-order chi connectivity index (χ1) is 8.29. The van der Waals surface area contributed by atoms with Gasteiger partial charge in [0.2, 0.25) is 0 Å². The van der Waals surface area contributed by atoms with E-state index in [-0.39, 0.29) is 29.6 Å². The topological polar surface area (TPSA) is 62.0 Å². The third-order valence-corrected chi connectivity index (χ3v) is 2.69. The number of pyridine rings is 1. The van der Waals surface area contributed by atoms with E-state index in [1.165, 1.54) is 12.3 Å². The summed E-state index contributed by atoms with van der Waals surface area (Å²) in [6.07, 6.45) is 1.24. The molecule has 8 heteroatoms. The number of carbonyl (C=O) groups excluding carboxylic acids is 1. The number of aromatic amines is 1. The fourth-order valence-electron chi connectivity index (χ4n) is 1.18. The number of H-pyrrole nitrogens is 1. The number of carbonyl (C=O) groups is 1. The summed E-state index contributed by atoms with van der Waals surface area (Å²) in [5, 5.41) is 2.25. The molecule has 1 aromatic rings. The number of halogens is 3. The van der Waals surface area contributed by atoms with Crippen LogP contribution in [0.25, 0.3) is 0 Å². The lowest BCUT2D eigenvalue weighted by molar-refractivity contribution is -0.0327. The molecule has 0 spiro atoms. The smallest absolute Gasteiger partial charge is 0.364 e. The second-order valence-electron chi connectivity index (χ2n) is 3.44. The highest BCUT2D eigenvalue weighted by molar-refractivity contribution is 8.00. The van der Waals surface area contributed by atoms with Crippen LogP contribution in [-0.4, -0.2) is 28.7 Å². The molecule has 0 radical (unpaired) electrons. The molecule has 0 unspecified atom stereocenters. The van der Waals surface area contributed by atoms with Gasteiger partial charge in [-0.2, -0.15) is 13.2 Å². The van der Waals surface area contributed by atoms with Gasteiger partial charge in [-0.3, -0.25) is 9.59 Å². The monoisotopic (exact) mass is 280 g/mol. The Morgan fingerprint density at radius 3 is 2.72 bits per heavy atom. The third kappa shape index (κ3) is 4.82. The third-order valence-electron chi connectivity index (χ3n) is 1.96. The number of alkyl halides is 3. The Bertz CT molecular complexity index is 485. The number of aryl methyl sites for hydroxylation is 1. The van der Waals surface area contributed by atoms with Crippen molar-refractivity contribution in [3.8, 4) is 0 Å². The molecule has 100 valence electrons. The quantitative estimate of drug-likeness (QED) is 0.825. The summed E-state index contributed by atoms with van der Waals surface area (Å²) < 4.78 is 35.4. The van der Waals surface area contributed by atoms with Crippen molar-refractivity contribution in [2.75, 3.05) is 12.3 Å². The Morgan fingerprint density at radius 1 is 1.50 bits per heavy atom. The van der Waals surface area contributed by atoms with E-state index in [0.29, 0.717) is 5.69 Å². The first kappa shape index (κ1) is 14.6. The van der Waals surface area contributed by atoms with Crippen molar-refractivity contribution in [1.82, 2.24) is 10.3 Å².